The Hall–Kier alpha value is -3.12. The molecule has 3 aromatic rings. The maximum absolute atomic E-state index is 12.9. The van der Waals surface area contributed by atoms with Crippen molar-refractivity contribution in [1.82, 2.24) is 5.32 Å². The van der Waals surface area contributed by atoms with Crippen LogP contribution < -0.4 is 10.0 Å². The molecule has 1 aliphatic rings. The van der Waals surface area contributed by atoms with Crippen LogP contribution in [0.1, 0.15) is 45.9 Å². The van der Waals surface area contributed by atoms with E-state index in [4.69, 9.17) is 0 Å². The first-order valence-corrected chi connectivity index (χ1v) is 11.5. The topological polar surface area (TPSA) is 75.3 Å². The van der Waals surface area contributed by atoms with E-state index >= 15 is 0 Å². The molecule has 4 rings (SSSR count). The van der Waals surface area contributed by atoms with Gasteiger partial charge in [0.15, 0.2) is 0 Å². The van der Waals surface area contributed by atoms with Crippen molar-refractivity contribution in [2.45, 2.75) is 37.1 Å². The molecule has 0 fully saturated rings. The second-order valence-electron chi connectivity index (χ2n) is 7.62. The number of carbonyl (C=O) groups excluding carboxylic acids is 1. The van der Waals surface area contributed by atoms with Gasteiger partial charge in [-0.25, -0.2) is 8.42 Å². The standard InChI is InChI=1S/C24H24N2O3S/c1-17-12-14-20(15-13-17)26-30(28,29)21-9-4-8-19(16-21)24(27)25-23-11-5-7-18-6-2-3-10-22(18)23/h2-4,6,8-10,12-16,23,26H,5,7,11H2,1H3,(H,25,27). The Morgan fingerprint density at radius 3 is 2.53 bits per heavy atom. The average Bonchev–Trinajstić information content (AvgIpc) is 2.75. The van der Waals surface area contributed by atoms with E-state index in [0.717, 1.165) is 30.4 Å². The van der Waals surface area contributed by atoms with Crippen LogP contribution in [0.2, 0.25) is 0 Å². The van der Waals surface area contributed by atoms with E-state index in [2.05, 4.69) is 16.1 Å². The summed E-state index contributed by atoms with van der Waals surface area (Å²) in [6.07, 6.45) is 2.90. The molecular formula is C24H24N2O3S. The number of nitrogens with one attached hydrogen (secondary N) is 2. The number of carbonyl (C=O) groups is 1. The van der Waals surface area contributed by atoms with Gasteiger partial charge in [0.05, 0.1) is 10.9 Å². The van der Waals surface area contributed by atoms with Crippen molar-refractivity contribution < 1.29 is 13.2 Å². The third-order valence-corrected chi connectivity index (χ3v) is 6.76. The Morgan fingerprint density at radius 1 is 0.967 bits per heavy atom. The lowest BCUT2D eigenvalue weighted by molar-refractivity contribution is 0.0932. The fraction of sp³-hybridized carbons (Fsp3) is 0.208. The first kappa shape index (κ1) is 20.2. The second-order valence-corrected chi connectivity index (χ2v) is 9.30. The Labute approximate surface area is 177 Å². The van der Waals surface area contributed by atoms with Crippen molar-refractivity contribution >= 4 is 21.6 Å². The van der Waals surface area contributed by atoms with Crippen LogP contribution >= 0.6 is 0 Å². The minimum Gasteiger partial charge on any atom is -0.345 e. The fourth-order valence-electron chi connectivity index (χ4n) is 3.79. The lowest BCUT2D eigenvalue weighted by Gasteiger charge is -2.26. The minimum absolute atomic E-state index is 0.0553. The number of anilines is 1. The largest absolute Gasteiger partial charge is 0.345 e. The Balaban J connectivity index is 1.53. The van der Waals surface area contributed by atoms with Gasteiger partial charge in [0.1, 0.15) is 0 Å². The minimum atomic E-state index is -3.79. The zero-order chi connectivity index (χ0) is 21.1. The number of rotatable bonds is 5. The van der Waals surface area contributed by atoms with Gasteiger partial charge >= 0.3 is 0 Å². The molecule has 1 atom stereocenters. The molecule has 154 valence electrons. The monoisotopic (exact) mass is 420 g/mol. The normalized spacial score (nSPS) is 15.8. The van der Waals surface area contributed by atoms with Crippen LogP contribution in [0.15, 0.2) is 77.7 Å². The Morgan fingerprint density at radius 2 is 1.73 bits per heavy atom. The number of fused-ring (bicyclic) bond motifs is 1. The summed E-state index contributed by atoms with van der Waals surface area (Å²) in [6.45, 7) is 1.94. The third kappa shape index (κ3) is 4.39. The van der Waals surface area contributed by atoms with Crippen LogP contribution in [0.4, 0.5) is 5.69 Å². The number of sulfonamides is 1. The van der Waals surface area contributed by atoms with E-state index in [1.54, 1.807) is 24.3 Å². The summed E-state index contributed by atoms with van der Waals surface area (Å²) < 4.78 is 28.1. The van der Waals surface area contributed by atoms with E-state index in [1.165, 1.54) is 17.7 Å². The molecule has 0 aliphatic heterocycles. The van der Waals surface area contributed by atoms with E-state index in [0.29, 0.717) is 11.3 Å². The van der Waals surface area contributed by atoms with Crippen LogP contribution in [0, 0.1) is 6.92 Å². The van der Waals surface area contributed by atoms with Gasteiger partial charge in [-0.2, -0.15) is 0 Å². The van der Waals surface area contributed by atoms with Crippen molar-refractivity contribution in [3.63, 3.8) is 0 Å². The van der Waals surface area contributed by atoms with Gasteiger partial charge in [-0.15, -0.1) is 0 Å². The Kier molecular flexibility index (Phi) is 5.59. The number of hydrogen-bond donors (Lipinski definition) is 2. The molecule has 5 nitrogen and oxygen atoms in total. The summed E-state index contributed by atoms with van der Waals surface area (Å²) in [7, 11) is -3.79. The lowest BCUT2D eigenvalue weighted by Crippen LogP contribution is -2.31. The van der Waals surface area contributed by atoms with Gasteiger partial charge < -0.3 is 5.32 Å². The molecule has 0 radical (unpaired) electrons. The summed E-state index contributed by atoms with van der Waals surface area (Å²) in [5.74, 6) is -0.274. The smallest absolute Gasteiger partial charge is 0.261 e. The molecule has 6 heteroatoms. The highest BCUT2D eigenvalue weighted by Crippen LogP contribution is 2.29. The number of aryl methyl sites for hydroxylation is 2. The summed E-state index contributed by atoms with van der Waals surface area (Å²) in [4.78, 5) is 12.9. The van der Waals surface area contributed by atoms with Crippen LogP contribution in [-0.2, 0) is 16.4 Å². The molecule has 0 saturated carbocycles. The molecule has 0 saturated heterocycles. The third-order valence-electron chi connectivity index (χ3n) is 5.39. The fourth-order valence-corrected chi connectivity index (χ4v) is 4.89. The van der Waals surface area contributed by atoms with Gasteiger partial charge in [0.25, 0.3) is 15.9 Å². The van der Waals surface area contributed by atoms with Crippen molar-refractivity contribution in [3.05, 3.63) is 95.1 Å². The number of hydrogen-bond acceptors (Lipinski definition) is 3. The molecule has 0 heterocycles. The van der Waals surface area contributed by atoms with Gasteiger partial charge in [-0.3, -0.25) is 9.52 Å². The zero-order valence-electron chi connectivity index (χ0n) is 16.8. The molecule has 0 bridgehead atoms. The van der Waals surface area contributed by atoms with E-state index in [9.17, 15) is 13.2 Å². The molecule has 1 amide bonds. The number of benzene rings is 3. The molecule has 2 N–H and O–H groups in total. The molecule has 30 heavy (non-hydrogen) atoms. The molecule has 0 aromatic heterocycles. The van der Waals surface area contributed by atoms with E-state index in [-0.39, 0.29) is 16.8 Å². The molecule has 1 unspecified atom stereocenters. The van der Waals surface area contributed by atoms with E-state index in [1.807, 2.05) is 37.3 Å². The maximum atomic E-state index is 12.9. The highest BCUT2D eigenvalue weighted by atomic mass is 32.2. The van der Waals surface area contributed by atoms with Crippen molar-refractivity contribution in [2.24, 2.45) is 0 Å². The van der Waals surface area contributed by atoms with Gasteiger partial charge in [0.2, 0.25) is 0 Å². The first-order chi connectivity index (χ1) is 14.4. The SMILES string of the molecule is Cc1ccc(NS(=O)(=O)c2cccc(C(=O)NC3CCCc4ccccc43)c2)cc1. The zero-order valence-corrected chi connectivity index (χ0v) is 17.6. The first-order valence-electron chi connectivity index (χ1n) is 10.0. The van der Waals surface area contributed by atoms with Crippen molar-refractivity contribution in [2.75, 3.05) is 4.72 Å². The number of amides is 1. The lowest BCUT2D eigenvalue weighted by atomic mass is 9.87. The van der Waals surface area contributed by atoms with Crippen LogP contribution in [0.25, 0.3) is 0 Å². The van der Waals surface area contributed by atoms with Crippen LogP contribution in [0.3, 0.4) is 0 Å². The summed E-state index contributed by atoms with van der Waals surface area (Å²) in [6, 6.07) is 21.3. The van der Waals surface area contributed by atoms with Crippen LogP contribution in [0.5, 0.6) is 0 Å². The van der Waals surface area contributed by atoms with Gasteiger partial charge in [0, 0.05) is 11.3 Å². The molecule has 1 aliphatic carbocycles. The van der Waals surface area contributed by atoms with Crippen LogP contribution in [-0.4, -0.2) is 14.3 Å². The molecule has 3 aromatic carbocycles. The summed E-state index contributed by atoms with van der Waals surface area (Å²) in [5, 5.41) is 3.07. The molecule has 0 spiro atoms. The van der Waals surface area contributed by atoms with Gasteiger partial charge in [-0.05, 0) is 67.6 Å². The second kappa shape index (κ2) is 8.32. The highest BCUT2D eigenvalue weighted by molar-refractivity contribution is 7.92. The van der Waals surface area contributed by atoms with Crippen molar-refractivity contribution in [3.8, 4) is 0 Å². The Bertz CT molecular complexity index is 1170. The van der Waals surface area contributed by atoms with E-state index < -0.39 is 10.0 Å². The summed E-state index contributed by atoms with van der Waals surface area (Å²) in [5.41, 5.74) is 4.24. The summed E-state index contributed by atoms with van der Waals surface area (Å²) >= 11 is 0. The predicted molar refractivity (Wildman–Crippen MR) is 118 cm³/mol. The van der Waals surface area contributed by atoms with Gasteiger partial charge in [-0.1, -0.05) is 48.0 Å². The quantitative estimate of drug-likeness (QED) is 0.633. The van der Waals surface area contributed by atoms with Crippen molar-refractivity contribution in [1.29, 1.82) is 0 Å². The maximum Gasteiger partial charge on any atom is 0.261 e. The predicted octanol–water partition coefficient (Wildman–Crippen LogP) is 4.60. The molecular weight excluding hydrogens is 396 g/mol. The average molecular weight is 421 g/mol. The highest BCUT2D eigenvalue weighted by Gasteiger charge is 2.23.